The monoisotopic (exact) mass is 374 g/mol. The first kappa shape index (κ1) is 18.0. The average molecular weight is 374 g/mol. The Kier molecular flexibility index (Phi) is 4.73. The van der Waals surface area contributed by atoms with E-state index in [1.807, 2.05) is 0 Å². The number of rotatable bonds is 2. The highest BCUT2D eigenvalue weighted by Crippen LogP contribution is 2.27. The molecule has 1 fully saturated rings. The highest BCUT2D eigenvalue weighted by Gasteiger charge is 2.28. The normalized spacial score (nSPS) is 17.8. The second-order valence-electron chi connectivity index (χ2n) is 6.87. The van der Waals surface area contributed by atoms with Crippen molar-refractivity contribution in [2.75, 3.05) is 16.8 Å². The van der Waals surface area contributed by atoms with E-state index in [0.717, 1.165) is 11.3 Å². The summed E-state index contributed by atoms with van der Waals surface area (Å²) in [6.45, 7) is 5.74. The van der Waals surface area contributed by atoms with Crippen molar-refractivity contribution in [3.63, 3.8) is 0 Å². The van der Waals surface area contributed by atoms with E-state index in [9.17, 15) is 9.59 Å². The fraction of sp³-hybridized carbons (Fsp3) is 0.500. The third kappa shape index (κ3) is 4.05. The van der Waals surface area contributed by atoms with Crippen LogP contribution in [-0.4, -0.2) is 39.1 Å². The molecule has 1 aliphatic rings. The lowest BCUT2D eigenvalue weighted by Gasteiger charge is -2.27. The molecule has 2 amide bonds. The maximum absolute atomic E-state index is 12.2. The van der Waals surface area contributed by atoms with Gasteiger partial charge in [0.25, 0.3) is 0 Å². The molecule has 0 saturated carbocycles. The van der Waals surface area contributed by atoms with Crippen molar-refractivity contribution in [2.24, 2.45) is 5.92 Å². The summed E-state index contributed by atoms with van der Waals surface area (Å²) >= 11 is 1.15. The number of anilines is 2. The molecule has 1 saturated heterocycles. The van der Waals surface area contributed by atoms with Crippen LogP contribution in [0, 0.1) is 17.2 Å². The van der Waals surface area contributed by atoms with Crippen LogP contribution >= 0.6 is 11.3 Å². The molecule has 136 valence electrons. The molecular weight excluding hydrogens is 356 g/mol. The molecule has 3 rings (SSSR count). The largest absolute Gasteiger partial charge is 0.444 e. The van der Waals surface area contributed by atoms with E-state index >= 15 is 0 Å². The third-order valence-corrected chi connectivity index (χ3v) is 4.45. The second kappa shape index (κ2) is 6.84. The number of nitrogens with zero attached hydrogens (tertiary/aromatic N) is 5. The van der Waals surface area contributed by atoms with E-state index in [1.165, 1.54) is 11.1 Å². The van der Waals surface area contributed by atoms with Gasteiger partial charge in [-0.3, -0.25) is 15.0 Å². The van der Waals surface area contributed by atoms with Crippen LogP contribution in [0.4, 0.5) is 15.7 Å². The minimum Gasteiger partial charge on any atom is -0.444 e. The Morgan fingerprint density at radius 1 is 1.46 bits per heavy atom. The summed E-state index contributed by atoms with van der Waals surface area (Å²) in [5.41, 5.74) is -0.232. The number of piperidine rings is 1. The van der Waals surface area contributed by atoms with Gasteiger partial charge in [-0.05, 0) is 27.2 Å². The van der Waals surface area contributed by atoms with Crippen molar-refractivity contribution in [3.8, 4) is 6.07 Å². The number of hydrogen-bond donors (Lipinski definition) is 1. The van der Waals surface area contributed by atoms with Crippen molar-refractivity contribution in [2.45, 2.75) is 39.2 Å². The van der Waals surface area contributed by atoms with Crippen LogP contribution in [0.25, 0.3) is 10.5 Å². The Morgan fingerprint density at radius 2 is 2.23 bits per heavy atom. The van der Waals surface area contributed by atoms with Gasteiger partial charge in [-0.1, -0.05) is 11.3 Å². The summed E-state index contributed by atoms with van der Waals surface area (Å²) < 4.78 is 5.19. The molecule has 2 aromatic rings. The molecule has 10 heteroatoms. The number of hydrogen-bond acceptors (Lipinski definition) is 8. The third-order valence-electron chi connectivity index (χ3n) is 3.60. The molecule has 26 heavy (non-hydrogen) atoms. The van der Waals surface area contributed by atoms with Gasteiger partial charge < -0.3 is 4.74 Å². The van der Waals surface area contributed by atoms with E-state index in [4.69, 9.17) is 10.00 Å². The smallest absolute Gasteiger partial charge is 0.413 e. The standard InChI is InChI=1S/C16H18N6O3S/c1-16(2,3)25-15(24)21-14-20-12-13(26-14)19-10(8-18-12)22-5-4-9(7-17)6-11(22)23/h8-9H,4-6H2,1-3H3,(H,18,20,21,24). The molecule has 0 spiro atoms. The van der Waals surface area contributed by atoms with Crippen LogP contribution in [-0.2, 0) is 9.53 Å². The molecule has 0 radical (unpaired) electrons. The zero-order chi connectivity index (χ0) is 18.9. The molecule has 1 unspecified atom stereocenters. The summed E-state index contributed by atoms with van der Waals surface area (Å²) in [7, 11) is 0. The van der Waals surface area contributed by atoms with E-state index < -0.39 is 11.7 Å². The summed E-state index contributed by atoms with van der Waals surface area (Å²) in [6.07, 6.45) is 1.66. The fourth-order valence-corrected chi connectivity index (χ4v) is 3.25. The van der Waals surface area contributed by atoms with Crippen LogP contribution in [0.15, 0.2) is 6.20 Å². The second-order valence-corrected chi connectivity index (χ2v) is 7.84. The Balaban J connectivity index is 1.77. The van der Waals surface area contributed by atoms with Gasteiger partial charge in [-0.25, -0.2) is 14.8 Å². The minimum absolute atomic E-state index is 0.145. The zero-order valence-electron chi connectivity index (χ0n) is 14.6. The van der Waals surface area contributed by atoms with Crippen molar-refractivity contribution >= 4 is 44.8 Å². The number of nitriles is 1. The van der Waals surface area contributed by atoms with Gasteiger partial charge in [0.05, 0.1) is 18.2 Å². The first-order chi connectivity index (χ1) is 12.2. The Labute approximate surface area is 154 Å². The van der Waals surface area contributed by atoms with E-state index in [-0.39, 0.29) is 18.2 Å². The molecule has 1 N–H and O–H groups in total. The molecule has 0 bridgehead atoms. The number of ether oxygens (including phenoxy) is 1. The topological polar surface area (TPSA) is 121 Å². The molecule has 0 aliphatic carbocycles. The number of aromatic nitrogens is 3. The maximum atomic E-state index is 12.2. The lowest BCUT2D eigenvalue weighted by Crippen LogP contribution is -2.39. The Hall–Kier alpha value is -2.80. The zero-order valence-corrected chi connectivity index (χ0v) is 15.5. The summed E-state index contributed by atoms with van der Waals surface area (Å²) in [4.78, 5) is 38.9. The molecular formula is C16H18N6O3S. The molecule has 3 heterocycles. The lowest BCUT2D eigenvalue weighted by molar-refractivity contribution is -0.120. The number of thiazole rings is 1. The predicted molar refractivity (Wildman–Crippen MR) is 95.8 cm³/mol. The Morgan fingerprint density at radius 3 is 2.88 bits per heavy atom. The molecule has 2 aromatic heterocycles. The Bertz CT molecular complexity index is 898. The molecule has 1 atom stereocenters. The van der Waals surface area contributed by atoms with E-state index in [2.05, 4.69) is 26.3 Å². The molecule has 9 nitrogen and oxygen atoms in total. The van der Waals surface area contributed by atoms with Crippen molar-refractivity contribution in [1.82, 2.24) is 15.0 Å². The average Bonchev–Trinajstić information content (AvgIpc) is 2.93. The number of nitrogens with one attached hydrogen (secondary N) is 1. The van der Waals surface area contributed by atoms with Crippen LogP contribution in [0.2, 0.25) is 0 Å². The van der Waals surface area contributed by atoms with Crippen LogP contribution in [0.5, 0.6) is 0 Å². The van der Waals surface area contributed by atoms with Gasteiger partial charge in [0.2, 0.25) is 5.91 Å². The number of fused-ring (bicyclic) bond motifs is 1. The summed E-state index contributed by atoms with van der Waals surface area (Å²) in [5, 5.41) is 11.8. The van der Waals surface area contributed by atoms with Gasteiger partial charge >= 0.3 is 6.09 Å². The molecule has 0 aromatic carbocycles. The van der Waals surface area contributed by atoms with Crippen molar-refractivity contribution in [1.29, 1.82) is 5.26 Å². The minimum atomic E-state index is -0.611. The van der Waals surface area contributed by atoms with Crippen LogP contribution < -0.4 is 10.2 Å². The highest BCUT2D eigenvalue weighted by atomic mass is 32.1. The van der Waals surface area contributed by atoms with E-state index in [1.54, 1.807) is 20.8 Å². The van der Waals surface area contributed by atoms with Crippen molar-refractivity contribution < 1.29 is 14.3 Å². The lowest BCUT2D eigenvalue weighted by atomic mass is 9.98. The first-order valence-electron chi connectivity index (χ1n) is 8.09. The highest BCUT2D eigenvalue weighted by molar-refractivity contribution is 7.21. The van der Waals surface area contributed by atoms with Crippen LogP contribution in [0.1, 0.15) is 33.6 Å². The van der Waals surface area contributed by atoms with Crippen LogP contribution in [0.3, 0.4) is 0 Å². The predicted octanol–water partition coefficient (Wildman–Crippen LogP) is 2.70. The van der Waals surface area contributed by atoms with Crippen molar-refractivity contribution in [3.05, 3.63) is 6.20 Å². The van der Waals surface area contributed by atoms with Gasteiger partial charge in [0.1, 0.15) is 5.60 Å². The number of amides is 2. The first-order valence-corrected chi connectivity index (χ1v) is 8.90. The quantitative estimate of drug-likeness (QED) is 0.857. The molecule has 1 aliphatic heterocycles. The van der Waals surface area contributed by atoms with Gasteiger partial charge in [0, 0.05) is 13.0 Å². The maximum Gasteiger partial charge on any atom is 0.413 e. The summed E-state index contributed by atoms with van der Waals surface area (Å²) in [6, 6.07) is 2.13. The fourth-order valence-electron chi connectivity index (χ4n) is 2.47. The summed E-state index contributed by atoms with van der Waals surface area (Å²) in [5.74, 6) is 0.0305. The van der Waals surface area contributed by atoms with E-state index in [0.29, 0.717) is 34.4 Å². The van der Waals surface area contributed by atoms with Gasteiger partial charge in [-0.2, -0.15) is 10.2 Å². The van der Waals surface area contributed by atoms with Gasteiger partial charge in [0.15, 0.2) is 21.4 Å². The number of carbonyl (C=O) groups excluding carboxylic acids is 2. The number of carbonyl (C=O) groups is 2. The van der Waals surface area contributed by atoms with Gasteiger partial charge in [-0.15, -0.1) is 0 Å². The SMILES string of the molecule is CC(C)(C)OC(=O)Nc1nc2ncc(N3CCC(C#N)CC3=O)nc2s1.